The Balaban J connectivity index is 1.49. The average molecular weight is 399 g/mol. The quantitative estimate of drug-likeness (QED) is 0.863. The standard InChI is InChI=1S/C21H19F2N3O3/c1-12(27)25-7-6-13-8-16(3-5-19(13)25)26-11-14(9-20(26)28)21(29)24-18-10-15(22)2-4-17(18)23/h2-5,8,10,14H,6-7,9,11H2,1H3,(H,24,29). The van der Waals surface area contributed by atoms with Crippen molar-refractivity contribution in [3.63, 3.8) is 0 Å². The summed E-state index contributed by atoms with van der Waals surface area (Å²) >= 11 is 0. The van der Waals surface area contributed by atoms with Crippen LogP contribution in [0.4, 0.5) is 25.8 Å². The lowest BCUT2D eigenvalue weighted by Gasteiger charge is -2.19. The van der Waals surface area contributed by atoms with Crippen LogP contribution in [0.25, 0.3) is 0 Å². The highest BCUT2D eigenvalue weighted by atomic mass is 19.1. The number of nitrogens with one attached hydrogen (secondary N) is 1. The van der Waals surface area contributed by atoms with Gasteiger partial charge in [0.1, 0.15) is 11.6 Å². The zero-order chi connectivity index (χ0) is 20.7. The van der Waals surface area contributed by atoms with Crippen molar-refractivity contribution in [1.29, 1.82) is 0 Å². The topological polar surface area (TPSA) is 69.7 Å². The molecule has 0 aromatic heterocycles. The predicted octanol–water partition coefficient (Wildman–Crippen LogP) is 2.87. The number of hydrogen-bond acceptors (Lipinski definition) is 3. The molecule has 6 nitrogen and oxygen atoms in total. The molecule has 4 rings (SSSR count). The van der Waals surface area contributed by atoms with E-state index in [9.17, 15) is 23.2 Å². The van der Waals surface area contributed by atoms with E-state index < -0.39 is 23.5 Å². The Bertz CT molecular complexity index is 1020. The van der Waals surface area contributed by atoms with Gasteiger partial charge < -0.3 is 15.1 Å². The summed E-state index contributed by atoms with van der Waals surface area (Å²) < 4.78 is 27.1. The van der Waals surface area contributed by atoms with Crippen LogP contribution in [0.2, 0.25) is 0 Å². The van der Waals surface area contributed by atoms with E-state index in [0.717, 1.165) is 29.4 Å². The molecule has 150 valence electrons. The lowest BCUT2D eigenvalue weighted by atomic mass is 10.1. The monoisotopic (exact) mass is 399 g/mol. The minimum Gasteiger partial charge on any atom is -0.323 e. The molecule has 0 saturated carbocycles. The van der Waals surface area contributed by atoms with Gasteiger partial charge in [0.2, 0.25) is 17.7 Å². The Morgan fingerprint density at radius 1 is 1.14 bits per heavy atom. The van der Waals surface area contributed by atoms with Crippen molar-refractivity contribution in [1.82, 2.24) is 0 Å². The summed E-state index contributed by atoms with van der Waals surface area (Å²) in [5.41, 5.74) is 2.22. The lowest BCUT2D eigenvalue weighted by Crippen LogP contribution is -2.28. The molecule has 2 aliphatic heterocycles. The number of carbonyl (C=O) groups is 3. The van der Waals surface area contributed by atoms with Crippen LogP contribution in [0.1, 0.15) is 18.9 Å². The van der Waals surface area contributed by atoms with E-state index in [2.05, 4.69) is 5.32 Å². The molecule has 1 atom stereocenters. The Labute approximate surface area is 166 Å². The third-order valence-electron chi connectivity index (χ3n) is 5.33. The first kappa shape index (κ1) is 19.0. The van der Waals surface area contributed by atoms with E-state index in [1.165, 1.54) is 11.8 Å². The Kier molecular flexibility index (Phi) is 4.77. The first-order chi connectivity index (χ1) is 13.8. The maximum absolute atomic E-state index is 13.8. The van der Waals surface area contributed by atoms with Gasteiger partial charge in [-0.05, 0) is 42.3 Å². The lowest BCUT2D eigenvalue weighted by molar-refractivity contribution is -0.122. The summed E-state index contributed by atoms with van der Waals surface area (Å²) in [4.78, 5) is 39.9. The molecule has 0 spiro atoms. The number of hydrogen-bond donors (Lipinski definition) is 1. The number of halogens is 2. The molecule has 0 bridgehead atoms. The fraction of sp³-hybridized carbons (Fsp3) is 0.286. The van der Waals surface area contributed by atoms with Crippen LogP contribution in [0.3, 0.4) is 0 Å². The second kappa shape index (κ2) is 7.27. The summed E-state index contributed by atoms with van der Waals surface area (Å²) in [6.07, 6.45) is 0.687. The Morgan fingerprint density at radius 2 is 1.93 bits per heavy atom. The number of fused-ring (bicyclic) bond motifs is 1. The number of rotatable bonds is 3. The Hall–Kier alpha value is -3.29. The highest BCUT2D eigenvalue weighted by Gasteiger charge is 2.36. The summed E-state index contributed by atoms with van der Waals surface area (Å²) in [5.74, 6) is -2.86. The maximum Gasteiger partial charge on any atom is 0.229 e. The highest BCUT2D eigenvalue weighted by molar-refractivity contribution is 6.04. The van der Waals surface area contributed by atoms with Crippen LogP contribution in [0.15, 0.2) is 36.4 Å². The zero-order valence-electron chi connectivity index (χ0n) is 15.7. The maximum atomic E-state index is 13.8. The van der Waals surface area contributed by atoms with Crippen molar-refractivity contribution >= 4 is 34.8 Å². The Morgan fingerprint density at radius 3 is 2.69 bits per heavy atom. The molecular formula is C21H19F2N3O3. The number of amides is 3. The second-order valence-corrected chi connectivity index (χ2v) is 7.25. The van der Waals surface area contributed by atoms with Gasteiger partial charge in [-0.15, -0.1) is 0 Å². The predicted molar refractivity (Wildman–Crippen MR) is 104 cm³/mol. The minimum atomic E-state index is -0.741. The van der Waals surface area contributed by atoms with Gasteiger partial charge in [-0.25, -0.2) is 8.78 Å². The normalized spacial score (nSPS) is 18.2. The molecule has 0 aliphatic carbocycles. The molecule has 3 amide bonds. The number of benzene rings is 2. The summed E-state index contributed by atoms with van der Waals surface area (Å²) in [7, 11) is 0. The van der Waals surface area contributed by atoms with Crippen LogP contribution >= 0.6 is 0 Å². The smallest absolute Gasteiger partial charge is 0.229 e. The molecule has 2 heterocycles. The SMILES string of the molecule is CC(=O)N1CCc2cc(N3CC(C(=O)Nc4cc(F)ccc4F)CC3=O)ccc21. The van der Waals surface area contributed by atoms with Crippen LogP contribution in [0, 0.1) is 17.6 Å². The zero-order valence-corrected chi connectivity index (χ0v) is 15.7. The molecular weight excluding hydrogens is 380 g/mol. The van der Waals surface area contributed by atoms with E-state index in [-0.39, 0.29) is 30.5 Å². The number of carbonyl (C=O) groups excluding carboxylic acids is 3. The van der Waals surface area contributed by atoms with E-state index in [1.807, 2.05) is 12.1 Å². The second-order valence-electron chi connectivity index (χ2n) is 7.25. The van der Waals surface area contributed by atoms with Crippen LogP contribution in [0.5, 0.6) is 0 Å². The van der Waals surface area contributed by atoms with Gasteiger partial charge >= 0.3 is 0 Å². The number of anilines is 3. The summed E-state index contributed by atoms with van der Waals surface area (Å²) in [5, 5.41) is 2.37. The van der Waals surface area contributed by atoms with Gasteiger partial charge in [-0.2, -0.15) is 0 Å². The van der Waals surface area contributed by atoms with Gasteiger partial charge in [0.05, 0.1) is 11.6 Å². The minimum absolute atomic E-state index is 0.0145. The van der Waals surface area contributed by atoms with Crippen molar-refractivity contribution in [2.45, 2.75) is 19.8 Å². The molecule has 1 unspecified atom stereocenters. The summed E-state index contributed by atoms with van der Waals surface area (Å²) in [6, 6.07) is 8.23. The van der Waals surface area contributed by atoms with Gasteiger partial charge in [0, 0.05) is 43.9 Å². The largest absolute Gasteiger partial charge is 0.323 e. The average Bonchev–Trinajstić information content (AvgIpc) is 3.27. The van der Waals surface area contributed by atoms with Crippen molar-refractivity contribution in [3.05, 3.63) is 53.6 Å². The van der Waals surface area contributed by atoms with Crippen LogP contribution in [-0.4, -0.2) is 30.8 Å². The van der Waals surface area contributed by atoms with Crippen molar-refractivity contribution in [2.75, 3.05) is 28.2 Å². The third kappa shape index (κ3) is 3.57. The first-order valence-electron chi connectivity index (χ1n) is 9.31. The van der Waals surface area contributed by atoms with Gasteiger partial charge in [0.25, 0.3) is 0 Å². The van der Waals surface area contributed by atoms with E-state index in [4.69, 9.17) is 0 Å². The molecule has 1 saturated heterocycles. The van der Waals surface area contributed by atoms with Gasteiger partial charge in [-0.3, -0.25) is 14.4 Å². The molecule has 0 radical (unpaired) electrons. The highest BCUT2D eigenvalue weighted by Crippen LogP contribution is 2.34. The molecule has 2 aromatic rings. The molecule has 29 heavy (non-hydrogen) atoms. The first-order valence-corrected chi connectivity index (χ1v) is 9.31. The van der Waals surface area contributed by atoms with Crippen LogP contribution in [-0.2, 0) is 20.8 Å². The number of nitrogens with zero attached hydrogens (tertiary/aromatic N) is 2. The molecule has 8 heteroatoms. The van der Waals surface area contributed by atoms with E-state index in [0.29, 0.717) is 18.7 Å². The summed E-state index contributed by atoms with van der Waals surface area (Å²) in [6.45, 7) is 2.26. The molecule has 2 aliphatic rings. The molecule has 1 N–H and O–H groups in total. The van der Waals surface area contributed by atoms with Gasteiger partial charge in [0.15, 0.2) is 0 Å². The van der Waals surface area contributed by atoms with E-state index in [1.54, 1.807) is 11.0 Å². The molecule has 2 aromatic carbocycles. The van der Waals surface area contributed by atoms with E-state index >= 15 is 0 Å². The van der Waals surface area contributed by atoms with Gasteiger partial charge in [-0.1, -0.05) is 0 Å². The van der Waals surface area contributed by atoms with Crippen molar-refractivity contribution in [3.8, 4) is 0 Å². The fourth-order valence-electron chi connectivity index (χ4n) is 3.84. The molecule has 1 fully saturated rings. The van der Waals surface area contributed by atoms with Crippen molar-refractivity contribution in [2.24, 2.45) is 5.92 Å². The fourth-order valence-corrected chi connectivity index (χ4v) is 3.84. The third-order valence-corrected chi connectivity index (χ3v) is 5.33. The van der Waals surface area contributed by atoms with Crippen molar-refractivity contribution < 1.29 is 23.2 Å². The van der Waals surface area contributed by atoms with Crippen LogP contribution < -0.4 is 15.1 Å².